The number of unbranched alkanes of at least 4 members (excludes halogenated alkanes) is 14. The molecule has 0 spiro atoms. The van der Waals surface area contributed by atoms with Gasteiger partial charge in [-0.15, -0.1) is 6.58 Å². The van der Waals surface area contributed by atoms with Crippen molar-refractivity contribution in [3.63, 3.8) is 0 Å². The summed E-state index contributed by atoms with van der Waals surface area (Å²) in [6, 6.07) is 0.968. The molecule has 0 unspecified atom stereocenters. The molecule has 0 fully saturated rings. The molecule has 0 aliphatic heterocycles. The predicted molar refractivity (Wildman–Crippen MR) is 125 cm³/mol. The van der Waals surface area contributed by atoms with E-state index >= 15 is 0 Å². The molecule has 0 atom stereocenters. The van der Waals surface area contributed by atoms with Crippen LogP contribution in [0.3, 0.4) is 0 Å². The van der Waals surface area contributed by atoms with Crippen LogP contribution in [0.2, 0.25) is 6.04 Å². The van der Waals surface area contributed by atoms with Gasteiger partial charge in [0.1, 0.15) is 0 Å². The fraction of sp³-hybridized carbons (Fsp3) is 0.917. The Morgan fingerprint density at radius 1 is 0.536 bits per heavy atom. The molecule has 0 aliphatic rings. The lowest BCUT2D eigenvalue weighted by molar-refractivity contribution is 0.0706. The highest BCUT2D eigenvalue weighted by Crippen LogP contribution is 2.21. The largest absolute Gasteiger partial charge is 0.500 e. The monoisotopic (exact) mass is 414 g/mol. The van der Waals surface area contributed by atoms with E-state index in [9.17, 15) is 0 Å². The molecule has 168 valence electrons. The minimum absolute atomic E-state index is 0.682. The highest BCUT2D eigenvalue weighted by atomic mass is 28.4. The summed E-state index contributed by atoms with van der Waals surface area (Å²) in [4.78, 5) is 0. The Labute approximate surface area is 178 Å². The number of hydrogen-bond acceptors (Lipinski definition) is 3. The molecule has 3 nitrogen and oxygen atoms in total. The van der Waals surface area contributed by atoms with Crippen molar-refractivity contribution in [1.29, 1.82) is 0 Å². The second-order valence-electron chi connectivity index (χ2n) is 7.76. The lowest BCUT2D eigenvalue weighted by atomic mass is 10.0. The molecule has 0 bridgehead atoms. The molecule has 0 amide bonds. The van der Waals surface area contributed by atoms with Crippen LogP contribution >= 0.6 is 0 Å². The molecule has 0 saturated carbocycles. The van der Waals surface area contributed by atoms with Gasteiger partial charge in [-0.05, 0) is 40.0 Å². The van der Waals surface area contributed by atoms with E-state index in [0.29, 0.717) is 19.8 Å². The molecule has 0 saturated heterocycles. The molecular formula is C24H50O3Si. The van der Waals surface area contributed by atoms with Crippen molar-refractivity contribution in [2.45, 2.75) is 123 Å². The normalized spacial score (nSPS) is 11.8. The average Bonchev–Trinajstić information content (AvgIpc) is 2.68. The molecule has 0 heterocycles. The van der Waals surface area contributed by atoms with Gasteiger partial charge in [0.15, 0.2) is 0 Å². The number of allylic oxidation sites excluding steroid dienone is 1. The van der Waals surface area contributed by atoms with Gasteiger partial charge in [0.25, 0.3) is 0 Å². The van der Waals surface area contributed by atoms with Crippen LogP contribution < -0.4 is 0 Å². The van der Waals surface area contributed by atoms with Crippen LogP contribution in [0.25, 0.3) is 0 Å². The van der Waals surface area contributed by atoms with E-state index in [4.69, 9.17) is 13.3 Å². The Morgan fingerprint density at radius 2 is 0.857 bits per heavy atom. The van der Waals surface area contributed by atoms with E-state index in [-0.39, 0.29) is 0 Å². The van der Waals surface area contributed by atoms with E-state index in [1.807, 2.05) is 26.8 Å². The summed E-state index contributed by atoms with van der Waals surface area (Å²) in [6.07, 6.45) is 22.4. The zero-order valence-electron chi connectivity index (χ0n) is 19.4. The van der Waals surface area contributed by atoms with Gasteiger partial charge in [0.2, 0.25) is 0 Å². The molecular weight excluding hydrogens is 364 g/mol. The topological polar surface area (TPSA) is 27.7 Å². The summed E-state index contributed by atoms with van der Waals surface area (Å²) in [5.41, 5.74) is 0. The maximum absolute atomic E-state index is 5.93. The van der Waals surface area contributed by atoms with Gasteiger partial charge in [-0.25, -0.2) is 0 Å². The third kappa shape index (κ3) is 16.8. The fourth-order valence-corrected chi connectivity index (χ4v) is 6.44. The zero-order valence-corrected chi connectivity index (χ0v) is 20.4. The number of hydrogen-bond donors (Lipinski definition) is 0. The summed E-state index contributed by atoms with van der Waals surface area (Å²) in [7, 11) is -2.41. The van der Waals surface area contributed by atoms with E-state index < -0.39 is 8.80 Å². The van der Waals surface area contributed by atoms with E-state index in [1.165, 1.54) is 96.3 Å². The van der Waals surface area contributed by atoms with E-state index in [1.54, 1.807) is 0 Å². The first-order valence-electron chi connectivity index (χ1n) is 12.3. The predicted octanol–water partition coefficient (Wildman–Crippen LogP) is 8.07. The smallest absolute Gasteiger partial charge is 0.374 e. The van der Waals surface area contributed by atoms with Crippen molar-refractivity contribution in [3.8, 4) is 0 Å². The van der Waals surface area contributed by atoms with Crippen LogP contribution in [0.5, 0.6) is 0 Å². The molecule has 0 aromatic heterocycles. The van der Waals surface area contributed by atoms with Crippen molar-refractivity contribution in [2.24, 2.45) is 0 Å². The highest BCUT2D eigenvalue weighted by molar-refractivity contribution is 6.60. The van der Waals surface area contributed by atoms with E-state index in [0.717, 1.165) is 6.04 Å². The first-order chi connectivity index (χ1) is 13.7. The van der Waals surface area contributed by atoms with E-state index in [2.05, 4.69) is 6.58 Å². The molecule has 0 N–H and O–H groups in total. The van der Waals surface area contributed by atoms with Gasteiger partial charge in [0.05, 0.1) is 0 Å². The van der Waals surface area contributed by atoms with Gasteiger partial charge < -0.3 is 13.3 Å². The minimum Gasteiger partial charge on any atom is -0.374 e. The van der Waals surface area contributed by atoms with Crippen LogP contribution in [0.4, 0.5) is 0 Å². The third-order valence-corrected chi connectivity index (χ3v) is 8.39. The minimum atomic E-state index is -2.41. The molecule has 28 heavy (non-hydrogen) atoms. The van der Waals surface area contributed by atoms with Gasteiger partial charge in [-0.1, -0.05) is 83.1 Å². The van der Waals surface area contributed by atoms with Gasteiger partial charge in [-0.3, -0.25) is 0 Å². The summed E-state index contributed by atoms with van der Waals surface area (Å²) >= 11 is 0. The van der Waals surface area contributed by atoms with Crippen molar-refractivity contribution in [1.82, 2.24) is 0 Å². The van der Waals surface area contributed by atoms with Crippen LogP contribution in [-0.4, -0.2) is 28.6 Å². The number of rotatable bonds is 23. The van der Waals surface area contributed by atoms with Gasteiger partial charge >= 0.3 is 8.80 Å². The maximum Gasteiger partial charge on any atom is 0.500 e. The fourth-order valence-electron chi connectivity index (χ4n) is 3.75. The first kappa shape index (κ1) is 27.8. The SMILES string of the molecule is C=CCCCCCCCCCCCCCCCC[Si](OCC)(OCC)OCC. The standard InChI is InChI=1S/C24H50O3Si/c1-5-9-10-11-12-13-14-15-16-17-18-19-20-21-22-23-24-28(25-6-2,26-7-3)27-8-4/h5H,1,6-24H2,2-4H3. The second kappa shape index (κ2) is 21.5. The molecule has 0 aromatic carbocycles. The Kier molecular flexibility index (Phi) is 21.4. The molecule has 4 heteroatoms. The zero-order chi connectivity index (χ0) is 20.8. The summed E-state index contributed by atoms with van der Waals surface area (Å²) in [5, 5.41) is 0. The Balaban J connectivity index is 3.47. The lowest BCUT2D eigenvalue weighted by Gasteiger charge is -2.28. The van der Waals surface area contributed by atoms with Crippen LogP contribution in [0.15, 0.2) is 12.7 Å². The van der Waals surface area contributed by atoms with Crippen molar-refractivity contribution in [3.05, 3.63) is 12.7 Å². The third-order valence-electron chi connectivity index (χ3n) is 5.23. The van der Waals surface area contributed by atoms with Crippen molar-refractivity contribution in [2.75, 3.05) is 19.8 Å². The molecule has 0 rings (SSSR count). The quantitative estimate of drug-likeness (QED) is 0.0960. The maximum atomic E-state index is 5.93. The summed E-state index contributed by atoms with van der Waals surface area (Å²) in [6.45, 7) is 11.9. The Hall–Kier alpha value is -0.163. The lowest BCUT2D eigenvalue weighted by Crippen LogP contribution is -2.45. The Morgan fingerprint density at radius 3 is 1.18 bits per heavy atom. The van der Waals surface area contributed by atoms with Crippen LogP contribution in [0.1, 0.15) is 117 Å². The summed E-state index contributed by atoms with van der Waals surface area (Å²) in [5.74, 6) is 0. The Bertz CT molecular complexity index is 306. The molecule has 0 aliphatic carbocycles. The highest BCUT2D eigenvalue weighted by Gasteiger charge is 2.39. The van der Waals surface area contributed by atoms with Gasteiger partial charge in [0, 0.05) is 25.9 Å². The van der Waals surface area contributed by atoms with Crippen LogP contribution in [-0.2, 0) is 13.3 Å². The molecule has 0 aromatic rings. The molecule has 0 radical (unpaired) electrons. The van der Waals surface area contributed by atoms with Gasteiger partial charge in [-0.2, -0.15) is 0 Å². The van der Waals surface area contributed by atoms with Crippen molar-refractivity contribution >= 4 is 8.80 Å². The first-order valence-corrected chi connectivity index (χ1v) is 14.2. The second-order valence-corrected chi connectivity index (χ2v) is 10.5. The summed E-state index contributed by atoms with van der Waals surface area (Å²) < 4.78 is 17.8. The van der Waals surface area contributed by atoms with Crippen LogP contribution in [0, 0.1) is 0 Å². The van der Waals surface area contributed by atoms with Crippen molar-refractivity contribution < 1.29 is 13.3 Å². The average molecular weight is 415 g/mol.